The molecular formula is C19H21NO. The van der Waals surface area contributed by atoms with Gasteiger partial charge < -0.3 is 4.57 Å². The van der Waals surface area contributed by atoms with E-state index >= 15 is 0 Å². The monoisotopic (exact) mass is 279 g/mol. The summed E-state index contributed by atoms with van der Waals surface area (Å²) in [7, 11) is 0. The predicted molar refractivity (Wildman–Crippen MR) is 88.5 cm³/mol. The Bertz CT molecular complexity index is 731. The molecule has 0 saturated heterocycles. The van der Waals surface area contributed by atoms with Crippen LogP contribution in [0, 0.1) is 5.92 Å². The first-order valence-corrected chi connectivity index (χ1v) is 7.68. The van der Waals surface area contributed by atoms with Gasteiger partial charge in [-0.15, -0.1) is 0 Å². The molecular weight excluding hydrogens is 258 g/mol. The summed E-state index contributed by atoms with van der Waals surface area (Å²) in [6.07, 6.45) is 1.83. The largest absolute Gasteiger partial charge is 0.340 e. The molecule has 0 bridgehead atoms. The molecule has 3 aromatic rings. The van der Waals surface area contributed by atoms with E-state index in [0.717, 1.165) is 19.4 Å². The lowest BCUT2D eigenvalue weighted by Gasteiger charge is -2.13. The standard InChI is InChI=1S/C19H21NO/c1-3-15(14(2)21)12-13-20-18-10-6-4-8-16(18)17-9-5-7-11-19(17)20/h4-11,15H,3,12-13H2,1-2H3. The van der Waals surface area contributed by atoms with Crippen LogP contribution in [0.2, 0.25) is 0 Å². The molecule has 1 aromatic heterocycles. The quantitative estimate of drug-likeness (QED) is 0.657. The third kappa shape index (κ3) is 2.46. The zero-order chi connectivity index (χ0) is 14.8. The number of benzene rings is 2. The second-order valence-corrected chi connectivity index (χ2v) is 5.69. The van der Waals surface area contributed by atoms with Gasteiger partial charge in [-0.3, -0.25) is 4.79 Å². The van der Waals surface area contributed by atoms with Crippen molar-refractivity contribution in [2.24, 2.45) is 5.92 Å². The van der Waals surface area contributed by atoms with Gasteiger partial charge in [0.25, 0.3) is 0 Å². The van der Waals surface area contributed by atoms with Crippen molar-refractivity contribution in [1.82, 2.24) is 4.57 Å². The molecule has 0 amide bonds. The van der Waals surface area contributed by atoms with Crippen LogP contribution >= 0.6 is 0 Å². The average molecular weight is 279 g/mol. The van der Waals surface area contributed by atoms with Crippen LogP contribution in [-0.2, 0) is 11.3 Å². The summed E-state index contributed by atoms with van der Waals surface area (Å²) in [6, 6.07) is 17.0. The zero-order valence-corrected chi connectivity index (χ0v) is 12.7. The van der Waals surface area contributed by atoms with Crippen molar-refractivity contribution in [3.63, 3.8) is 0 Å². The molecule has 0 N–H and O–H groups in total. The molecule has 0 spiro atoms. The molecule has 3 rings (SSSR count). The Labute approximate surface area is 125 Å². The maximum Gasteiger partial charge on any atom is 0.132 e. The molecule has 1 unspecified atom stereocenters. The number of hydrogen-bond donors (Lipinski definition) is 0. The molecule has 108 valence electrons. The van der Waals surface area contributed by atoms with E-state index < -0.39 is 0 Å². The van der Waals surface area contributed by atoms with E-state index in [-0.39, 0.29) is 5.92 Å². The lowest BCUT2D eigenvalue weighted by atomic mass is 9.98. The van der Waals surface area contributed by atoms with Gasteiger partial charge in [0.1, 0.15) is 5.78 Å². The Morgan fingerprint density at radius 2 is 1.52 bits per heavy atom. The average Bonchev–Trinajstić information content (AvgIpc) is 2.82. The number of para-hydroxylation sites is 2. The summed E-state index contributed by atoms with van der Waals surface area (Å²) >= 11 is 0. The van der Waals surface area contributed by atoms with Crippen molar-refractivity contribution in [1.29, 1.82) is 0 Å². The van der Waals surface area contributed by atoms with E-state index in [1.54, 1.807) is 6.92 Å². The fourth-order valence-electron chi connectivity index (χ4n) is 3.22. The normalized spacial score (nSPS) is 12.9. The molecule has 2 heteroatoms. The highest BCUT2D eigenvalue weighted by Crippen LogP contribution is 2.29. The summed E-state index contributed by atoms with van der Waals surface area (Å²) < 4.78 is 2.36. The summed E-state index contributed by atoms with van der Waals surface area (Å²) in [4.78, 5) is 11.7. The molecule has 0 fully saturated rings. The summed E-state index contributed by atoms with van der Waals surface area (Å²) in [5.74, 6) is 0.475. The summed E-state index contributed by atoms with van der Waals surface area (Å²) in [5, 5.41) is 2.59. The minimum absolute atomic E-state index is 0.171. The van der Waals surface area contributed by atoms with E-state index in [1.807, 2.05) is 0 Å². The lowest BCUT2D eigenvalue weighted by molar-refractivity contribution is -0.121. The van der Waals surface area contributed by atoms with E-state index in [4.69, 9.17) is 0 Å². The minimum atomic E-state index is 0.171. The second kappa shape index (κ2) is 5.72. The molecule has 0 aliphatic rings. The van der Waals surface area contributed by atoms with Gasteiger partial charge in [-0.1, -0.05) is 43.3 Å². The first-order valence-electron chi connectivity index (χ1n) is 7.68. The van der Waals surface area contributed by atoms with Gasteiger partial charge in [0, 0.05) is 34.3 Å². The van der Waals surface area contributed by atoms with Crippen LogP contribution in [0.4, 0.5) is 0 Å². The minimum Gasteiger partial charge on any atom is -0.340 e. The van der Waals surface area contributed by atoms with Crippen LogP contribution in [-0.4, -0.2) is 10.4 Å². The molecule has 0 aliphatic carbocycles. The Morgan fingerprint density at radius 3 is 2.00 bits per heavy atom. The number of carbonyl (C=O) groups is 1. The number of fused-ring (bicyclic) bond motifs is 3. The molecule has 2 nitrogen and oxygen atoms in total. The number of hydrogen-bond acceptors (Lipinski definition) is 1. The number of Topliss-reactive ketones (excluding diaryl/α,β-unsaturated/α-hetero) is 1. The maximum absolute atomic E-state index is 11.7. The van der Waals surface area contributed by atoms with E-state index in [9.17, 15) is 4.79 Å². The number of carbonyl (C=O) groups excluding carboxylic acids is 1. The zero-order valence-electron chi connectivity index (χ0n) is 12.7. The number of aryl methyl sites for hydroxylation is 1. The predicted octanol–water partition coefficient (Wildman–Crippen LogP) is 4.80. The van der Waals surface area contributed by atoms with Crippen LogP contribution in [0.3, 0.4) is 0 Å². The SMILES string of the molecule is CCC(CCn1c2ccccc2c2ccccc21)C(C)=O. The van der Waals surface area contributed by atoms with Gasteiger partial charge in [-0.2, -0.15) is 0 Å². The first kappa shape index (κ1) is 13.9. The number of aromatic nitrogens is 1. The first-order chi connectivity index (χ1) is 10.2. The van der Waals surface area contributed by atoms with Crippen molar-refractivity contribution in [3.05, 3.63) is 48.5 Å². The van der Waals surface area contributed by atoms with Gasteiger partial charge >= 0.3 is 0 Å². The van der Waals surface area contributed by atoms with E-state index in [1.165, 1.54) is 21.8 Å². The molecule has 1 atom stereocenters. The van der Waals surface area contributed by atoms with E-state index in [2.05, 4.69) is 60.0 Å². The third-order valence-corrected chi connectivity index (χ3v) is 4.45. The molecule has 0 radical (unpaired) electrons. The fourth-order valence-corrected chi connectivity index (χ4v) is 3.22. The van der Waals surface area contributed by atoms with Crippen LogP contribution in [0.25, 0.3) is 21.8 Å². The van der Waals surface area contributed by atoms with Crippen molar-refractivity contribution >= 4 is 27.6 Å². The van der Waals surface area contributed by atoms with Crippen molar-refractivity contribution in [2.75, 3.05) is 0 Å². The highest BCUT2D eigenvalue weighted by Gasteiger charge is 2.14. The van der Waals surface area contributed by atoms with Crippen LogP contribution in [0.15, 0.2) is 48.5 Å². The van der Waals surface area contributed by atoms with Gasteiger partial charge in [-0.05, 0) is 31.9 Å². The Balaban J connectivity index is 2.05. The lowest BCUT2D eigenvalue weighted by Crippen LogP contribution is -2.13. The van der Waals surface area contributed by atoms with Crippen molar-refractivity contribution in [3.8, 4) is 0 Å². The summed E-state index contributed by atoms with van der Waals surface area (Å²) in [5.41, 5.74) is 2.52. The van der Waals surface area contributed by atoms with Gasteiger partial charge in [0.2, 0.25) is 0 Å². The highest BCUT2D eigenvalue weighted by molar-refractivity contribution is 6.07. The van der Waals surface area contributed by atoms with Gasteiger partial charge in [-0.25, -0.2) is 0 Å². The molecule has 1 heterocycles. The Kier molecular flexibility index (Phi) is 3.78. The van der Waals surface area contributed by atoms with Crippen LogP contribution in [0.5, 0.6) is 0 Å². The van der Waals surface area contributed by atoms with Gasteiger partial charge in [0.05, 0.1) is 0 Å². The fraction of sp³-hybridized carbons (Fsp3) is 0.316. The molecule has 2 aromatic carbocycles. The van der Waals surface area contributed by atoms with Crippen molar-refractivity contribution in [2.45, 2.75) is 33.2 Å². The van der Waals surface area contributed by atoms with Crippen LogP contribution < -0.4 is 0 Å². The third-order valence-electron chi connectivity index (χ3n) is 4.45. The van der Waals surface area contributed by atoms with Gasteiger partial charge in [0.15, 0.2) is 0 Å². The Hall–Kier alpha value is -2.09. The maximum atomic E-state index is 11.7. The van der Waals surface area contributed by atoms with Crippen LogP contribution in [0.1, 0.15) is 26.7 Å². The Morgan fingerprint density at radius 1 is 1.00 bits per heavy atom. The molecule has 0 saturated carbocycles. The number of rotatable bonds is 5. The second-order valence-electron chi connectivity index (χ2n) is 5.69. The number of nitrogens with zero attached hydrogens (tertiary/aromatic N) is 1. The highest BCUT2D eigenvalue weighted by atomic mass is 16.1. The smallest absolute Gasteiger partial charge is 0.132 e. The molecule has 21 heavy (non-hydrogen) atoms. The topological polar surface area (TPSA) is 22.0 Å². The molecule has 0 aliphatic heterocycles. The van der Waals surface area contributed by atoms with Crippen molar-refractivity contribution < 1.29 is 4.79 Å². The van der Waals surface area contributed by atoms with E-state index in [0.29, 0.717) is 5.78 Å². The number of ketones is 1. The summed E-state index contributed by atoms with van der Waals surface area (Å²) in [6.45, 7) is 4.70.